The Morgan fingerprint density at radius 2 is 2.00 bits per heavy atom. The van der Waals surface area contributed by atoms with Crippen LogP contribution >= 0.6 is 0 Å². The van der Waals surface area contributed by atoms with Gasteiger partial charge in [0.05, 0.1) is 0 Å². The molecule has 2 rings (SSSR count). The largest absolute Gasteiger partial charge is 0.306 e. The first-order valence-corrected chi connectivity index (χ1v) is 6.04. The summed E-state index contributed by atoms with van der Waals surface area (Å²) < 4.78 is 0. The fraction of sp³-hybridized carbons (Fsp3) is 0.846. The Kier molecular flexibility index (Phi) is 4.18. The molecular weight excluding hydrogens is 170 g/mol. The molecule has 1 fully saturated rings. The molecule has 14 heavy (non-hydrogen) atoms. The zero-order valence-corrected chi connectivity index (χ0v) is 10.3. The predicted molar refractivity (Wildman–Crippen MR) is 63.5 cm³/mol. The summed E-state index contributed by atoms with van der Waals surface area (Å²) in [5.41, 5.74) is 2.30. The van der Waals surface area contributed by atoms with Crippen LogP contribution in [0.25, 0.3) is 0 Å². The van der Waals surface area contributed by atoms with Crippen molar-refractivity contribution >= 4 is 0 Å². The Balaban J connectivity index is 0.000000461. The number of hydrogen-bond acceptors (Lipinski definition) is 1. The van der Waals surface area contributed by atoms with Crippen LogP contribution in [0.1, 0.15) is 46.5 Å². The van der Waals surface area contributed by atoms with Crippen LogP contribution in [0.4, 0.5) is 0 Å². The van der Waals surface area contributed by atoms with Crippen molar-refractivity contribution in [3.8, 4) is 0 Å². The Morgan fingerprint density at radius 3 is 2.50 bits per heavy atom. The first kappa shape index (κ1) is 11.8. The van der Waals surface area contributed by atoms with Crippen LogP contribution in [-0.4, -0.2) is 25.0 Å². The highest BCUT2D eigenvalue weighted by Crippen LogP contribution is 2.42. The van der Waals surface area contributed by atoms with Gasteiger partial charge in [0.1, 0.15) is 0 Å². The smallest absolute Gasteiger partial charge is 0.00386 e. The third-order valence-corrected chi connectivity index (χ3v) is 3.45. The lowest BCUT2D eigenvalue weighted by Gasteiger charge is -2.32. The molecule has 0 radical (unpaired) electrons. The maximum atomic E-state index is 2.48. The van der Waals surface area contributed by atoms with Crippen molar-refractivity contribution < 1.29 is 0 Å². The molecule has 0 amide bonds. The summed E-state index contributed by atoms with van der Waals surface area (Å²) in [6.07, 6.45) is 7.95. The molecular formula is C13H25N. The lowest BCUT2D eigenvalue weighted by atomic mass is 9.74. The van der Waals surface area contributed by atoms with Gasteiger partial charge in [-0.2, -0.15) is 0 Å². The van der Waals surface area contributed by atoms with Gasteiger partial charge in [-0.15, -0.1) is 0 Å². The highest BCUT2D eigenvalue weighted by atomic mass is 15.1. The summed E-state index contributed by atoms with van der Waals surface area (Å²) >= 11 is 0. The highest BCUT2D eigenvalue weighted by Gasteiger charge is 2.37. The third kappa shape index (κ3) is 2.60. The van der Waals surface area contributed by atoms with Gasteiger partial charge in [0.25, 0.3) is 0 Å². The molecule has 1 nitrogen and oxygen atoms in total. The highest BCUT2D eigenvalue weighted by molar-refractivity contribution is 5.10. The number of rotatable bonds is 0. The molecule has 0 aromatic rings. The number of likely N-dealkylation sites (tertiary alicyclic amines) is 1. The molecule has 1 aliphatic heterocycles. The maximum absolute atomic E-state index is 2.48. The Bertz CT molecular complexity index is 207. The van der Waals surface area contributed by atoms with E-state index < -0.39 is 0 Å². The number of hydrogen-bond donors (Lipinski definition) is 0. The molecule has 1 atom stereocenters. The molecule has 1 spiro atoms. The van der Waals surface area contributed by atoms with E-state index in [2.05, 4.69) is 24.9 Å². The Labute approximate surface area is 89.2 Å². The van der Waals surface area contributed by atoms with Crippen LogP contribution < -0.4 is 0 Å². The molecule has 2 aliphatic rings. The second-order valence-electron chi connectivity index (χ2n) is 4.75. The van der Waals surface area contributed by atoms with Gasteiger partial charge in [0, 0.05) is 6.54 Å². The van der Waals surface area contributed by atoms with Crippen molar-refractivity contribution in [2.75, 3.05) is 20.1 Å². The normalized spacial score (nSPS) is 32.4. The van der Waals surface area contributed by atoms with Gasteiger partial charge in [-0.1, -0.05) is 25.5 Å². The van der Waals surface area contributed by atoms with Crippen molar-refractivity contribution in [2.24, 2.45) is 5.41 Å². The van der Waals surface area contributed by atoms with E-state index in [1.807, 2.05) is 13.8 Å². The number of nitrogens with zero attached hydrogens (tertiary/aromatic N) is 1. The van der Waals surface area contributed by atoms with Crippen LogP contribution in [0.5, 0.6) is 0 Å². The average Bonchev–Trinajstić information content (AvgIpc) is 2.50. The van der Waals surface area contributed by atoms with Crippen LogP contribution in [0.15, 0.2) is 11.6 Å². The average molecular weight is 195 g/mol. The topological polar surface area (TPSA) is 3.24 Å². The van der Waals surface area contributed by atoms with Gasteiger partial charge in [-0.3, -0.25) is 0 Å². The van der Waals surface area contributed by atoms with Gasteiger partial charge in [-0.05, 0) is 51.6 Å². The fourth-order valence-electron chi connectivity index (χ4n) is 2.88. The summed E-state index contributed by atoms with van der Waals surface area (Å²) in [4.78, 5) is 2.48. The minimum Gasteiger partial charge on any atom is -0.306 e. The van der Waals surface area contributed by atoms with Crippen LogP contribution in [0, 0.1) is 5.41 Å². The first-order valence-electron chi connectivity index (χ1n) is 6.04. The second-order valence-corrected chi connectivity index (χ2v) is 4.75. The lowest BCUT2D eigenvalue weighted by Crippen LogP contribution is -2.27. The van der Waals surface area contributed by atoms with Gasteiger partial charge in [0.15, 0.2) is 0 Å². The van der Waals surface area contributed by atoms with E-state index in [0.29, 0.717) is 5.41 Å². The van der Waals surface area contributed by atoms with Crippen molar-refractivity contribution in [1.29, 1.82) is 0 Å². The predicted octanol–water partition coefficient (Wildman–Crippen LogP) is 3.46. The van der Waals surface area contributed by atoms with Crippen molar-refractivity contribution in [2.45, 2.75) is 46.5 Å². The SMILES string of the molecule is CC.CC1=CCCC2(CCN(C)C2)C1. The minimum atomic E-state index is 0.674. The van der Waals surface area contributed by atoms with E-state index in [0.717, 1.165) is 0 Å². The van der Waals surface area contributed by atoms with Crippen LogP contribution in [0.3, 0.4) is 0 Å². The van der Waals surface area contributed by atoms with E-state index in [4.69, 9.17) is 0 Å². The zero-order valence-electron chi connectivity index (χ0n) is 10.3. The molecule has 82 valence electrons. The maximum Gasteiger partial charge on any atom is 0.00386 e. The summed E-state index contributed by atoms with van der Waals surface area (Å²) in [7, 11) is 2.25. The van der Waals surface area contributed by atoms with Gasteiger partial charge >= 0.3 is 0 Å². The standard InChI is InChI=1S/C11H19N.C2H6/c1-10-4-3-5-11(8-10)6-7-12(2)9-11;1-2/h4H,3,5-9H2,1-2H3;1-2H3. The molecule has 0 saturated carbocycles. The zero-order chi connectivity index (χ0) is 10.6. The molecule has 1 heteroatoms. The Hall–Kier alpha value is -0.300. The number of allylic oxidation sites excluding steroid dienone is 2. The Morgan fingerprint density at radius 1 is 1.29 bits per heavy atom. The lowest BCUT2D eigenvalue weighted by molar-refractivity contribution is 0.250. The quantitative estimate of drug-likeness (QED) is 0.535. The van der Waals surface area contributed by atoms with Crippen molar-refractivity contribution in [1.82, 2.24) is 4.90 Å². The molecule has 0 bridgehead atoms. The second kappa shape index (κ2) is 4.97. The third-order valence-electron chi connectivity index (χ3n) is 3.45. The van der Waals surface area contributed by atoms with E-state index >= 15 is 0 Å². The van der Waals surface area contributed by atoms with Gasteiger partial charge in [0.2, 0.25) is 0 Å². The first-order chi connectivity index (χ1) is 6.70. The minimum absolute atomic E-state index is 0.674. The molecule has 0 aromatic carbocycles. The van der Waals surface area contributed by atoms with Crippen molar-refractivity contribution in [3.63, 3.8) is 0 Å². The van der Waals surface area contributed by atoms with Gasteiger partial charge in [-0.25, -0.2) is 0 Å². The van der Waals surface area contributed by atoms with E-state index in [1.54, 1.807) is 5.57 Å². The summed E-state index contributed by atoms with van der Waals surface area (Å²) in [6.45, 7) is 8.94. The van der Waals surface area contributed by atoms with E-state index in [9.17, 15) is 0 Å². The van der Waals surface area contributed by atoms with Crippen LogP contribution in [0.2, 0.25) is 0 Å². The molecule has 0 N–H and O–H groups in total. The monoisotopic (exact) mass is 195 g/mol. The molecule has 0 aromatic heterocycles. The van der Waals surface area contributed by atoms with Crippen molar-refractivity contribution in [3.05, 3.63) is 11.6 Å². The molecule has 1 saturated heterocycles. The van der Waals surface area contributed by atoms with Crippen LogP contribution in [-0.2, 0) is 0 Å². The summed E-state index contributed by atoms with van der Waals surface area (Å²) in [6, 6.07) is 0. The summed E-state index contributed by atoms with van der Waals surface area (Å²) in [5.74, 6) is 0. The van der Waals surface area contributed by atoms with E-state index in [-0.39, 0.29) is 0 Å². The fourth-order valence-corrected chi connectivity index (χ4v) is 2.88. The molecule has 1 aliphatic carbocycles. The van der Waals surface area contributed by atoms with E-state index in [1.165, 1.54) is 38.8 Å². The summed E-state index contributed by atoms with van der Waals surface area (Å²) in [5, 5.41) is 0. The van der Waals surface area contributed by atoms with Gasteiger partial charge < -0.3 is 4.90 Å². The molecule has 1 unspecified atom stereocenters. The molecule has 1 heterocycles.